The van der Waals surface area contributed by atoms with Crippen LogP contribution in [0.1, 0.15) is 25.7 Å². The van der Waals surface area contributed by atoms with Crippen LogP contribution in [0.15, 0.2) is 12.8 Å². The molecule has 74 valence electrons. The summed E-state index contributed by atoms with van der Waals surface area (Å²) in [5.41, 5.74) is 0. The van der Waals surface area contributed by atoms with Crippen LogP contribution in [0.4, 0.5) is 0 Å². The molecular formula is C11H19NO. The summed E-state index contributed by atoms with van der Waals surface area (Å²) in [6.07, 6.45) is 7.30. The van der Waals surface area contributed by atoms with Gasteiger partial charge in [-0.1, -0.05) is 6.58 Å². The smallest absolute Gasteiger partial charge is 0.100 e. The molecule has 2 nitrogen and oxygen atoms in total. The van der Waals surface area contributed by atoms with Gasteiger partial charge in [-0.05, 0) is 31.6 Å². The van der Waals surface area contributed by atoms with Crippen molar-refractivity contribution in [2.45, 2.75) is 31.8 Å². The van der Waals surface area contributed by atoms with Gasteiger partial charge in [0.1, 0.15) is 6.10 Å². The van der Waals surface area contributed by atoms with Gasteiger partial charge in [0, 0.05) is 19.6 Å². The summed E-state index contributed by atoms with van der Waals surface area (Å²) in [5, 5.41) is 0. The minimum Gasteiger partial charge on any atom is -0.499 e. The first-order valence-corrected chi connectivity index (χ1v) is 5.37. The lowest BCUT2D eigenvalue weighted by atomic mass is 10.1. The van der Waals surface area contributed by atoms with E-state index in [2.05, 4.69) is 11.5 Å². The summed E-state index contributed by atoms with van der Waals surface area (Å²) in [6, 6.07) is 0. The molecule has 1 heterocycles. The summed E-state index contributed by atoms with van der Waals surface area (Å²) in [6.45, 7) is 7.37. The van der Waals surface area contributed by atoms with Crippen molar-refractivity contribution in [1.82, 2.24) is 4.90 Å². The summed E-state index contributed by atoms with van der Waals surface area (Å²) in [5.74, 6) is 1.02. The van der Waals surface area contributed by atoms with Gasteiger partial charge in [-0.25, -0.2) is 0 Å². The molecule has 0 radical (unpaired) electrons. The predicted molar refractivity (Wildman–Crippen MR) is 53.5 cm³/mol. The van der Waals surface area contributed by atoms with Crippen LogP contribution >= 0.6 is 0 Å². The van der Waals surface area contributed by atoms with Gasteiger partial charge in [0.2, 0.25) is 0 Å². The van der Waals surface area contributed by atoms with E-state index in [1.54, 1.807) is 6.26 Å². The SMILES string of the molecule is C=COC1CCN(CC2CC2)CC1. The lowest BCUT2D eigenvalue weighted by Crippen LogP contribution is -2.37. The summed E-state index contributed by atoms with van der Waals surface area (Å²) in [7, 11) is 0. The molecule has 1 aliphatic carbocycles. The first-order chi connectivity index (χ1) is 6.38. The van der Waals surface area contributed by atoms with E-state index in [0.29, 0.717) is 6.10 Å². The van der Waals surface area contributed by atoms with Crippen LogP contribution in [0.25, 0.3) is 0 Å². The van der Waals surface area contributed by atoms with E-state index in [-0.39, 0.29) is 0 Å². The molecule has 13 heavy (non-hydrogen) atoms. The minimum absolute atomic E-state index is 0.438. The average Bonchev–Trinajstić information content (AvgIpc) is 2.93. The zero-order valence-corrected chi connectivity index (χ0v) is 8.24. The predicted octanol–water partition coefficient (Wildman–Crippen LogP) is 2.02. The molecule has 1 aliphatic heterocycles. The molecule has 0 aromatic carbocycles. The Morgan fingerprint density at radius 2 is 1.92 bits per heavy atom. The maximum absolute atomic E-state index is 5.39. The third-order valence-corrected chi connectivity index (χ3v) is 3.04. The van der Waals surface area contributed by atoms with Crippen molar-refractivity contribution in [3.8, 4) is 0 Å². The van der Waals surface area contributed by atoms with Crippen molar-refractivity contribution in [1.29, 1.82) is 0 Å². The Kier molecular flexibility index (Phi) is 2.89. The standard InChI is InChI=1S/C11H19NO/c1-2-13-11-5-7-12(8-6-11)9-10-3-4-10/h2,10-11H,1,3-9H2. The molecule has 2 heteroatoms. The van der Waals surface area contributed by atoms with E-state index in [0.717, 1.165) is 5.92 Å². The second-order valence-corrected chi connectivity index (χ2v) is 4.25. The second-order valence-electron chi connectivity index (χ2n) is 4.25. The summed E-state index contributed by atoms with van der Waals surface area (Å²) >= 11 is 0. The van der Waals surface area contributed by atoms with E-state index in [1.165, 1.54) is 45.3 Å². The Morgan fingerprint density at radius 3 is 2.46 bits per heavy atom. The number of nitrogens with zero attached hydrogens (tertiary/aromatic N) is 1. The molecule has 2 fully saturated rings. The molecule has 0 N–H and O–H groups in total. The Morgan fingerprint density at radius 1 is 1.23 bits per heavy atom. The Bertz CT molecular complexity index is 169. The largest absolute Gasteiger partial charge is 0.499 e. The number of piperidine rings is 1. The van der Waals surface area contributed by atoms with Crippen LogP contribution in [0.2, 0.25) is 0 Å². The molecule has 2 aliphatic rings. The van der Waals surface area contributed by atoms with E-state index in [9.17, 15) is 0 Å². The zero-order chi connectivity index (χ0) is 9.10. The molecular weight excluding hydrogens is 162 g/mol. The van der Waals surface area contributed by atoms with E-state index in [1.807, 2.05) is 0 Å². The highest BCUT2D eigenvalue weighted by molar-refractivity contribution is 4.81. The third-order valence-electron chi connectivity index (χ3n) is 3.04. The number of ether oxygens (including phenoxy) is 1. The van der Waals surface area contributed by atoms with Gasteiger partial charge < -0.3 is 9.64 Å². The van der Waals surface area contributed by atoms with E-state index in [4.69, 9.17) is 4.74 Å². The number of rotatable bonds is 4. The van der Waals surface area contributed by atoms with Gasteiger partial charge in [0.05, 0.1) is 6.26 Å². The highest BCUT2D eigenvalue weighted by atomic mass is 16.5. The maximum atomic E-state index is 5.39. The molecule has 1 saturated carbocycles. The highest BCUT2D eigenvalue weighted by Crippen LogP contribution is 2.30. The van der Waals surface area contributed by atoms with Crippen molar-refractivity contribution >= 4 is 0 Å². The van der Waals surface area contributed by atoms with E-state index >= 15 is 0 Å². The van der Waals surface area contributed by atoms with Gasteiger partial charge in [0.25, 0.3) is 0 Å². The first-order valence-electron chi connectivity index (χ1n) is 5.37. The monoisotopic (exact) mass is 181 g/mol. The van der Waals surface area contributed by atoms with Crippen LogP contribution in [-0.2, 0) is 4.74 Å². The maximum Gasteiger partial charge on any atom is 0.100 e. The average molecular weight is 181 g/mol. The van der Waals surface area contributed by atoms with Crippen LogP contribution in [0, 0.1) is 5.92 Å². The summed E-state index contributed by atoms with van der Waals surface area (Å²) < 4.78 is 5.39. The topological polar surface area (TPSA) is 12.5 Å². The van der Waals surface area contributed by atoms with Crippen LogP contribution in [0.5, 0.6) is 0 Å². The fraction of sp³-hybridized carbons (Fsp3) is 0.818. The van der Waals surface area contributed by atoms with Gasteiger partial charge in [0.15, 0.2) is 0 Å². The third kappa shape index (κ3) is 2.73. The van der Waals surface area contributed by atoms with Gasteiger partial charge in [-0.2, -0.15) is 0 Å². The van der Waals surface area contributed by atoms with Crippen molar-refractivity contribution in [2.24, 2.45) is 5.92 Å². The second kappa shape index (κ2) is 4.14. The Hall–Kier alpha value is -0.500. The van der Waals surface area contributed by atoms with Gasteiger partial charge in [-0.15, -0.1) is 0 Å². The number of hydrogen-bond acceptors (Lipinski definition) is 2. The Labute approximate surface area is 80.6 Å². The highest BCUT2D eigenvalue weighted by Gasteiger charge is 2.27. The molecule has 1 saturated heterocycles. The molecule has 2 rings (SSSR count). The van der Waals surface area contributed by atoms with Crippen molar-refractivity contribution < 1.29 is 4.74 Å². The quantitative estimate of drug-likeness (QED) is 0.615. The van der Waals surface area contributed by atoms with E-state index < -0.39 is 0 Å². The van der Waals surface area contributed by atoms with Crippen molar-refractivity contribution in [3.63, 3.8) is 0 Å². The molecule has 0 bridgehead atoms. The molecule has 0 atom stereocenters. The Balaban J connectivity index is 1.65. The number of hydrogen-bond donors (Lipinski definition) is 0. The normalized spacial score (nSPS) is 25.8. The molecule has 0 unspecified atom stereocenters. The minimum atomic E-state index is 0.438. The molecule has 0 spiro atoms. The molecule has 0 aromatic heterocycles. The fourth-order valence-corrected chi connectivity index (χ4v) is 2.03. The summed E-state index contributed by atoms with van der Waals surface area (Å²) in [4.78, 5) is 2.58. The molecule has 0 amide bonds. The van der Waals surface area contributed by atoms with Crippen molar-refractivity contribution in [2.75, 3.05) is 19.6 Å². The molecule has 0 aromatic rings. The zero-order valence-electron chi connectivity index (χ0n) is 8.24. The van der Waals surface area contributed by atoms with Crippen LogP contribution in [0.3, 0.4) is 0 Å². The lowest BCUT2D eigenvalue weighted by Gasteiger charge is -2.31. The van der Waals surface area contributed by atoms with Crippen LogP contribution < -0.4 is 0 Å². The van der Waals surface area contributed by atoms with Crippen LogP contribution in [-0.4, -0.2) is 30.6 Å². The number of likely N-dealkylation sites (tertiary alicyclic amines) is 1. The first kappa shape index (κ1) is 9.07. The van der Waals surface area contributed by atoms with Crippen molar-refractivity contribution in [3.05, 3.63) is 12.8 Å². The van der Waals surface area contributed by atoms with Gasteiger partial charge in [-0.3, -0.25) is 0 Å². The lowest BCUT2D eigenvalue weighted by molar-refractivity contribution is 0.0659. The fourth-order valence-electron chi connectivity index (χ4n) is 2.03. The van der Waals surface area contributed by atoms with Gasteiger partial charge >= 0.3 is 0 Å².